The maximum Gasteiger partial charge on any atom is 0.294 e. The van der Waals surface area contributed by atoms with Gasteiger partial charge in [0.2, 0.25) is 0 Å². The van der Waals surface area contributed by atoms with Crippen molar-refractivity contribution in [3.8, 4) is 5.75 Å². The summed E-state index contributed by atoms with van der Waals surface area (Å²) in [6, 6.07) is 13.4. The zero-order valence-electron chi connectivity index (χ0n) is 14.1. The van der Waals surface area contributed by atoms with Crippen LogP contribution in [0.15, 0.2) is 48.2 Å². The predicted molar refractivity (Wildman–Crippen MR) is 97.9 cm³/mol. The molecule has 1 amide bonds. The molecule has 1 aliphatic heterocycles. The summed E-state index contributed by atoms with van der Waals surface area (Å²) < 4.78 is 5.87. The average molecular weight is 322 g/mol. The fraction of sp³-hybridized carbons (Fsp3) is 0.250. The van der Waals surface area contributed by atoms with E-state index >= 15 is 0 Å². The summed E-state index contributed by atoms with van der Waals surface area (Å²) in [5.74, 6) is 0.885. The first-order chi connectivity index (χ1) is 11.6. The van der Waals surface area contributed by atoms with Gasteiger partial charge in [0.15, 0.2) is 11.5 Å². The number of carbonyl (C=O) groups is 1. The second-order valence-corrected chi connectivity index (χ2v) is 6.06. The van der Waals surface area contributed by atoms with Crippen LogP contribution in [0.5, 0.6) is 5.75 Å². The summed E-state index contributed by atoms with van der Waals surface area (Å²) in [5.41, 5.74) is 9.35. The number of anilines is 2. The fourth-order valence-electron chi connectivity index (χ4n) is 2.78. The van der Waals surface area contributed by atoms with E-state index in [0.717, 1.165) is 29.7 Å². The molecule has 4 nitrogen and oxygen atoms in total. The van der Waals surface area contributed by atoms with Crippen molar-refractivity contribution < 1.29 is 9.53 Å². The molecule has 0 unspecified atom stereocenters. The summed E-state index contributed by atoms with van der Waals surface area (Å²) in [6.07, 6.45) is 3.74. The van der Waals surface area contributed by atoms with Gasteiger partial charge in [0, 0.05) is 12.2 Å². The van der Waals surface area contributed by atoms with Crippen LogP contribution in [0.3, 0.4) is 0 Å². The number of hydrogen-bond acceptors (Lipinski definition) is 3. The Bertz CT molecular complexity index is 796. The number of ether oxygens (including phenoxy) is 1. The largest absolute Gasteiger partial charge is 0.449 e. The number of aryl methyl sites for hydroxylation is 1. The molecular weight excluding hydrogens is 300 g/mol. The molecule has 0 spiro atoms. The minimum atomic E-state index is -0.122. The molecule has 4 heteroatoms. The maximum absolute atomic E-state index is 12.9. The van der Waals surface area contributed by atoms with E-state index in [0.29, 0.717) is 23.7 Å². The first-order valence-electron chi connectivity index (χ1n) is 8.26. The molecule has 1 aliphatic rings. The van der Waals surface area contributed by atoms with Crippen molar-refractivity contribution in [1.82, 2.24) is 0 Å². The van der Waals surface area contributed by atoms with E-state index in [2.05, 4.69) is 6.92 Å². The SMILES string of the molecule is CCCCN1C(=O)/C(=C\c2cccc(C)c2)Oc2ccc(N)cc21. The van der Waals surface area contributed by atoms with Crippen LogP contribution in [-0.2, 0) is 4.79 Å². The molecule has 24 heavy (non-hydrogen) atoms. The summed E-state index contributed by atoms with van der Waals surface area (Å²) in [4.78, 5) is 14.7. The lowest BCUT2D eigenvalue weighted by Gasteiger charge is -2.30. The molecule has 0 aromatic heterocycles. The highest BCUT2D eigenvalue weighted by Gasteiger charge is 2.30. The number of nitrogen functional groups attached to an aromatic ring is 1. The van der Waals surface area contributed by atoms with Crippen molar-refractivity contribution in [2.24, 2.45) is 0 Å². The van der Waals surface area contributed by atoms with Gasteiger partial charge in [0.05, 0.1) is 5.69 Å². The van der Waals surface area contributed by atoms with Crippen LogP contribution in [0, 0.1) is 6.92 Å². The van der Waals surface area contributed by atoms with Crippen molar-refractivity contribution >= 4 is 23.4 Å². The second-order valence-electron chi connectivity index (χ2n) is 6.06. The summed E-state index contributed by atoms with van der Waals surface area (Å²) in [5, 5.41) is 0. The highest BCUT2D eigenvalue weighted by Crippen LogP contribution is 2.37. The number of hydrogen-bond donors (Lipinski definition) is 1. The first-order valence-corrected chi connectivity index (χ1v) is 8.26. The van der Waals surface area contributed by atoms with Gasteiger partial charge in [-0.2, -0.15) is 0 Å². The standard InChI is InChI=1S/C20H22N2O2/c1-3-4-10-22-17-13-16(21)8-9-18(17)24-19(20(22)23)12-15-7-5-6-14(2)11-15/h5-9,11-13H,3-4,10,21H2,1-2H3/b19-12+. The van der Waals surface area contributed by atoms with Gasteiger partial charge in [-0.15, -0.1) is 0 Å². The number of rotatable bonds is 4. The third-order valence-corrected chi connectivity index (χ3v) is 4.02. The molecule has 1 heterocycles. The number of carbonyl (C=O) groups excluding carboxylic acids is 1. The lowest BCUT2D eigenvalue weighted by Crippen LogP contribution is -2.38. The van der Waals surface area contributed by atoms with Gasteiger partial charge in [-0.25, -0.2) is 0 Å². The zero-order chi connectivity index (χ0) is 17.1. The molecule has 2 N–H and O–H groups in total. The van der Waals surface area contributed by atoms with E-state index < -0.39 is 0 Å². The van der Waals surface area contributed by atoms with Gasteiger partial charge in [-0.1, -0.05) is 43.2 Å². The minimum absolute atomic E-state index is 0.122. The fourth-order valence-corrected chi connectivity index (χ4v) is 2.78. The molecule has 124 valence electrons. The van der Waals surface area contributed by atoms with Crippen molar-refractivity contribution in [3.05, 3.63) is 59.4 Å². The minimum Gasteiger partial charge on any atom is -0.449 e. The Morgan fingerprint density at radius 2 is 2.04 bits per heavy atom. The molecule has 0 radical (unpaired) electrons. The van der Waals surface area contributed by atoms with E-state index in [9.17, 15) is 4.79 Å². The smallest absolute Gasteiger partial charge is 0.294 e. The Morgan fingerprint density at radius 3 is 2.79 bits per heavy atom. The highest BCUT2D eigenvalue weighted by atomic mass is 16.5. The van der Waals surface area contributed by atoms with Crippen LogP contribution in [-0.4, -0.2) is 12.5 Å². The average Bonchev–Trinajstić information content (AvgIpc) is 2.55. The predicted octanol–water partition coefficient (Wildman–Crippen LogP) is 4.14. The van der Waals surface area contributed by atoms with Crippen molar-refractivity contribution in [2.45, 2.75) is 26.7 Å². The van der Waals surface area contributed by atoms with Crippen LogP contribution in [0.2, 0.25) is 0 Å². The molecule has 0 aliphatic carbocycles. The van der Waals surface area contributed by atoms with Gasteiger partial charge < -0.3 is 15.4 Å². The van der Waals surface area contributed by atoms with Crippen molar-refractivity contribution in [2.75, 3.05) is 17.2 Å². The number of nitrogens with zero attached hydrogens (tertiary/aromatic N) is 1. The van der Waals surface area contributed by atoms with Crippen LogP contribution >= 0.6 is 0 Å². The van der Waals surface area contributed by atoms with Crippen LogP contribution in [0.25, 0.3) is 6.08 Å². The number of fused-ring (bicyclic) bond motifs is 1. The van der Waals surface area contributed by atoms with Gasteiger partial charge >= 0.3 is 0 Å². The molecule has 0 atom stereocenters. The number of amides is 1. The molecule has 0 fully saturated rings. The Morgan fingerprint density at radius 1 is 1.21 bits per heavy atom. The molecule has 0 bridgehead atoms. The van der Waals surface area contributed by atoms with E-state index in [1.165, 1.54) is 0 Å². The lowest BCUT2D eigenvalue weighted by atomic mass is 10.1. The van der Waals surface area contributed by atoms with Crippen molar-refractivity contribution in [3.63, 3.8) is 0 Å². The maximum atomic E-state index is 12.9. The summed E-state index contributed by atoms with van der Waals surface area (Å²) in [6.45, 7) is 4.78. The van der Waals surface area contributed by atoms with E-state index in [4.69, 9.17) is 10.5 Å². The van der Waals surface area contributed by atoms with Gasteiger partial charge in [0.1, 0.15) is 0 Å². The Labute approximate surface area is 142 Å². The number of benzene rings is 2. The van der Waals surface area contributed by atoms with Crippen LogP contribution < -0.4 is 15.4 Å². The molecule has 0 saturated carbocycles. The summed E-state index contributed by atoms with van der Waals surface area (Å²) in [7, 11) is 0. The van der Waals surface area contributed by atoms with E-state index in [-0.39, 0.29) is 5.91 Å². The molecule has 2 aromatic rings. The number of unbranched alkanes of at least 4 members (excludes halogenated alkanes) is 1. The van der Waals surface area contributed by atoms with Gasteiger partial charge in [0.25, 0.3) is 5.91 Å². The molecular formula is C20H22N2O2. The topological polar surface area (TPSA) is 55.6 Å². The zero-order valence-corrected chi connectivity index (χ0v) is 14.1. The Balaban J connectivity index is 2.01. The highest BCUT2D eigenvalue weighted by molar-refractivity contribution is 6.10. The normalized spacial score (nSPS) is 15.3. The summed E-state index contributed by atoms with van der Waals surface area (Å²) >= 11 is 0. The third kappa shape index (κ3) is 3.27. The van der Waals surface area contributed by atoms with Gasteiger partial charge in [-0.3, -0.25) is 4.79 Å². The molecule has 0 saturated heterocycles. The Kier molecular flexibility index (Phi) is 4.56. The van der Waals surface area contributed by atoms with Crippen LogP contribution in [0.4, 0.5) is 11.4 Å². The number of nitrogens with two attached hydrogens (primary N) is 1. The quantitative estimate of drug-likeness (QED) is 0.680. The monoisotopic (exact) mass is 322 g/mol. The molecule has 2 aromatic carbocycles. The van der Waals surface area contributed by atoms with Crippen LogP contribution in [0.1, 0.15) is 30.9 Å². The molecule has 3 rings (SSSR count). The lowest BCUT2D eigenvalue weighted by molar-refractivity contribution is -0.117. The van der Waals surface area contributed by atoms with Gasteiger partial charge in [-0.05, 0) is 43.2 Å². The van der Waals surface area contributed by atoms with Crippen molar-refractivity contribution in [1.29, 1.82) is 0 Å². The van der Waals surface area contributed by atoms with E-state index in [1.807, 2.05) is 37.3 Å². The van der Waals surface area contributed by atoms with E-state index in [1.54, 1.807) is 23.1 Å². The second kappa shape index (κ2) is 6.79. The Hall–Kier alpha value is -2.75. The third-order valence-electron chi connectivity index (χ3n) is 4.02. The first kappa shape index (κ1) is 16.1.